The molecule has 1 aromatic rings. The molecule has 5 heteroatoms. The summed E-state index contributed by atoms with van der Waals surface area (Å²) < 4.78 is 4.99. The van der Waals surface area contributed by atoms with E-state index in [1.54, 1.807) is 6.07 Å². The van der Waals surface area contributed by atoms with E-state index in [2.05, 4.69) is 5.32 Å². The Labute approximate surface area is 106 Å². The smallest absolute Gasteiger partial charge is 0.255 e. The average molecular weight is 258 g/mol. The van der Waals surface area contributed by atoms with Crippen LogP contribution in [0.25, 0.3) is 0 Å². The van der Waals surface area contributed by atoms with Crippen molar-refractivity contribution in [2.75, 3.05) is 13.7 Å². The van der Waals surface area contributed by atoms with Gasteiger partial charge in [-0.15, -0.1) is 11.6 Å². The van der Waals surface area contributed by atoms with E-state index in [0.717, 1.165) is 0 Å². The number of ether oxygens (including phenoxy) is 1. The molecule has 4 nitrogen and oxygen atoms in total. The van der Waals surface area contributed by atoms with Gasteiger partial charge < -0.3 is 15.2 Å². The van der Waals surface area contributed by atoms with Gasteiger partial charge in [0.1, 0.15) is 11.5 Å². The first-order valence-corrected chi connectivity index (χ1v) is 5.77. The predicted molar refractivity (Wildman–Crippen MR) is 66.9 cm³/mol. The van der Waals surface area contributed by atoms with E-state index in [4.69, 9.17) is 16.3 Å². The molecule has 1 unspecified atom stereocenters. The summed E-state index contributed by atoms with van der Waals surface area (Å²) in [4.78, 5) is 11.7. The lowest BCUT2D eigenvalue weighted by Crippen LogP contribution is -2.25. The van der Waals surface area contributed by atoms with E-state index in [0.29, 0.717) is 18.7 Å². The summed E-state index contributed by atoms with van der Waals surface area (Å²) >= 11 is 5.77. The number of benzene rings is 1. The van der Waals surface area contributed by atoms with Gasteiger partial charge in [0.05, 0.1) is 12.7 Å². The van der Waals surface area contributed by atoms with Gasteiger partial charge in [0.25, 0.3) is 5.91 Å². The zero-order valence-corrected chi connectivity index (χ0v) is 10.6. The van der Waals surface area contributed by atoms with Crippen molar-refractivity contribution in [3.05, 3.63) is 23.8 Å². The van der Waals surface area contributed by atoms with E-state index < -0.39 is 0 Å². The Balaban J connectivity index is 2.67. The lowest BCUT2D eigenvalue weighted by molar-refractivity contribution is 0.0950. The number of halogens is 1. The number of hydrogen-bond acceptors (Lipinski definition) is 3. The molecule has 1 atom stereocenters. The quantitative estimate of drug-likeness (QED) is 0.795. The average Bonchev–Trinajstić information content (AvgIpc) is 2.29. The molecule has 0 aliphatic rings. The summed E-state index contributed by atoms with van der Waals surface area (Å²) in [5.74, 6) is 0.125. The van der Waals surface area contributed by atoms with Crippen LogP contribution in [0.3, 0.4) is 0 Å². The number of nitrogens with one attached hydrogen (secondary N) is 1. The fourth-order valence-electron chi connectivity index (χ4n) is 1.30. The fraction of sp³-hybridized carbons (Fsp3) is 0.417. The van der Waals surface area contributed by atoms with E-state index in [1.807, 2.05) is 6.92 Å². The van der Waals surface area contributed by atoms with Gasteiger partial charge in [0, 0.05) is 11.9 Å². The van der Waals surface area contributed by atoms with E-state index in [-0.39, 0.29) is 22.6 Å². The molecule has 1 aromatic carbocycles. The van der Waals surface area contributed by atoms with E-state index in [9.17, 15) is 9.90 Å². The molecule has 0 radical (unpaired) electrons. The van der Waals surface area contributed by atoms with Gasteiger partial charge in [-0.05, 0) is 31.5 Å². The molecule has 17 heavy (non-hydrogen) atoms. The van der Waals surface area contributed by atoms with Crippen molar-refractivity contribution in [1.29, 1.82) is 0 Å². The van der Waals surface area contributed by atoms with Crippen molar-refractivity contribution in [2.24, 2.45) is 0 Å². The van der Waals surface area contributed by atoms with Crippen molar-refractivity contribution < 1.29 is 14.6 Å². The molecule has 2 N–H and O–H groups in total. The SMILES string of the molecule is COc1ccc(O)c(C(=O)NCCC(C)Cl)c1. The maximum Gasteiger partial charge on any atom is 0.255 e. The minimum atomic E-state index is -0.335. The Kier molecular flexibility index (Phi) is 5.10. The molecule has 1 rings (SSSR count). The van der Waals surface area contributed by atoms with Crippen LogP contribution in [0.1, 0.15) is 23.7 Å². The van der Waals surface area contributed by atoms with Crippen LogP contribution in [0.15, 0.2) is 18.2 Å². The molecular weight excluding hydrogens is 242 g/mol. The minimum Gasteiger partial charge on any atom is -0.507 e. The van der Waals surface area contributed by atoms with Crippen molar-refractivity contribution >= 4 is 17.5 Å². The Morgan fingerprint density at radius 1 is 1.59 bits per heavy atom. The summed E-state index contributed by atoms with van der Waals surface area (Å²) in [7, 11) is 1.50. The van der Waals surface area contributed by atoms with E-state index in [1.165, 1.54) is 19.2 Å². The number of rotatable bonds is 5. The molecule has 0 saturated carbocycles. The van der Waals surface area contributed by atoms with Gasteiger partial charge >= 0.3 is 0 Å². The zero-order chi connectivity index (χ0) is 12.8. The molecule has 0 aromatic heterocycles. The third kappa shape index (κ3) is 4.15. The van der Waals surface area contributed by atoms with Crippen LogP contribution in [0.2, 0.25) is 0 Å². The number of phenols is 1. The highest BCUT2D eigenvalue weighted by molar-refractivity contribution is 6.20. The molecule has 1 amide bonds. The number of alkyl halides is 1. The fourth-order valence-corrected chi connectivity index (χ4v) is 1.41. The summed E-state index contributed by atoms with van der Waals surface area (Å²) in [6.07, 6.45) is 0.679. The van der Waals surface area contributed by atoms with Gasteiger partial charge in [-0.2, -0.15) is 0 Å². The predicted octanol–water partition coefficient (Wildman–Crippen LogP) is 2.15. The Hall–Kier alpha value is -1.42. The van der Waals surface area contributed by atoms with Crippen LogP contribution in [-0.4, -0.2) is 30.0 Å². The lowest BCUT2D eigenvalue weighted by Gasteiger charge is -2.09. The molecule has 94 valence electrons. The van der Waals surface area contributed by atoms with Crippen LogP contribution < -0.4 is 10.1 Å². The largest absolute Gasteiger partial charge is 0.507 e. The molecule has 0 saturated heterocycles. The number of hydrogen-bond donors (Lipinski definition) is 2. The van der Waals surface area contributed by atoms with Crippen LogP contribution in [-0.2, 0) is 0 Å². The van der Waals surface area contributed by atoms with Crippen molar-refractivity contribution in [3.8, 4) is 11.5 Å². The normalized spacial score (nSPS) is 11.9. The molecule has 0 heterocycles. The second-order valence-corrected chi connectivity index (χ2v) is 4.45. The summed E-state index contributed by atoms with van der Waals surface area (Å²) in [6, 6.07) is 4.51. The number of phenolic OH excluding ortho intramolecular Hbond substituents is 1. The number of aromatic hydroxyl groups is 1. The second kappa shape index (κ2) is 6.35. The third-order valence-electron chi connectivity index (χ3n) is 2.28. The van der Waals surface area contributed by atoms with Gasteiger partial charge in [-0.25, -0.2) is 0 Å². The molecular formula is C12H16ClNO3. The molecule has 0 aliphatic heterocycles. The topological polar surface area (TPSA) is 58.6 Å². The minimum absolute atomic E-state index is 0.00852. The Morgan fingerprint density at radius 2 is 2.29 bits per heavy atom. The van der Waals surface area contributed by atoms with Gasteiger partial charge in [0.15, 0.2) is 0 Å². The maximum atomic E-state index is 11.7. The summed E-state index contributed by atoms with van der Waals surface area (Å²) in [6.45, 7) is 2.33. The first-order chi connectivity index (χ1) is 8.04. The number of carbonyl (C=O) groups is 1. The monoisotopic (exact) mass is 257 g/mol. The number of amides is 1. The van der Waals surface area contributed by atoms with Crippen molar-refractivity contribution in [2.45, 2.75) is 18.7 Å². The first-order valence-electron chi connectivity index (χ1n) is 5.34. The van der Waals surface area contributed by atoms with Crippen LogP contribution in [0.4, 0.5) is 0 Å². The zero-order valence-electron chi connectivity index (χ0n) is 9.87. The van der Waals surface area contributed by atoms with E-state index >= 15 is 0 Å². The highest BCUT2D eigenvalue weighted by atomic mass is 35.5. The molecule has 0 fully saturated rings. The molecule has 0 spiro atoms. The maximum absolute atomic E-state index is 11.7. The lowest BCUT2D eigenvalue weighted by atomic mass is 10.1. The van der Waals surface area contributed by atoms with Crippen LogP contribution in [0, 0.1) is 0 Å². The van der Waals surface area contributed by atoms with Gasteiger partial charge in [-0.3, -0.25) is 4.79 Å². The summed E-state index contributed by atoms with van der Waals surface area (Å²) in [5.41, 5.74) is 0.201. The summed E-state index contributed by atoms with van der Waals surface area (Å²) in [5, 5.41) is 12.3. The van der Waals surface area contributed by atoms with Gasteiger partial charge in [0.2, 0.25) is 0 Å². The van der Waals surface area contributed by atoms with Crippen molar-refractivity contribution in [3.63, 3.8) is 0 Å². The first kappa shape index (κ1) is 13.6. The van der Waals surface area contributed by atoms with Crippen molar-refractivity contribution in [1.82, 2.24) is 5.32 Å². The molecule has 0 aliphatic carbocycles. The standard InChI is InChI=1S/C12H16ClNO3/c1-8(13)5-6-14-12(16)10-7-9(17-2)3-4-11(10)15/h3-4,7-8,15H,5-6H2,1-2H3,(H,14,16). The number of methoxy groups -OCH3 is 1. The Bertz CT molecular complexity index is 393. The van der Waals surface area contributed by atoms with Crippen LogP contribution in [0.5, 0.6) is 11.5 Å². The highest BCUT2D eigenvalue weighted by Crippen LogP contribution is 2.22. The highest BCUT2D eigenvalue weighted by Gasteiger charge is 2.12. The number of carbonyl (C=O) groups excluding carboxylic acids is 1. The third-order valence-corrected chi connectivity index (χ3v) is 2.49. The van der Waals surface area contributed by atoms with Crippen LogP contribution >= 0.6 is 11.6 Å². The second-order valence-electron chi connectivity index (χ2n) is 3.71. The Morgan fingerprint density at radius 3 is 2.88 bits per heavy atom. The van der Waals surface area contributed by atoms with Gasteiger partial charge in [-0.1, -0.05) is 0 Å². The molecule has 0 bridgehead atoms.